The monoisotopic (exact) mass is 197 g/mol. The van der Waals surface area contributed by atoms with Gasteiger partial charge in [-0.1, -0.05) is 31.2 Å². The number of hydrogen-bond acceptors (Lipinski definition) is 1. The molecule has 0 saturated heterocycles. The molecule has 2 atom stereocenters. The number of rotatable bonds is 3. The third-order valence-corrected chi connectivity index (χ3v) is 3.16. The van der Waals surface area contributed by atoms with Crippen LogP contribution in [0.4, 0.5) is 0 Å². The van der Waals surface area contributed by atoms with Crippen molar-refractivity contribution in [1.29, 1.82) is 0 Å². The van der Waals surface area contributed by atoms with Gasteiger partial charge in [0.1, 0.15) is 0 Å². The van der Waals surface area contributed by atoms with Crippen molar-refractivity contribution in [2.24, 2.45) is 0 Å². The molecule has 0 aliphatic carbocycles. The van der Waals surface area contributed by atoms with Crippen LogP contribution in [0.1, 0.15) is 30.6 Å². The molecule has 2 unspecified atom stereocenters. The van der Waals surface area contributed by atoms with E-state index in [-0.39, 0.29) is 5.66 Å². The highest BCUT2D eigenvalue weighted by Gasteiger charge is 2.26. The summed E-state index contributed by atoms with van der Waals surface area (Å²) < 4.78 is 10.9. The first-order valence-corrected chi connectivity index (χ1v) is 5.68. The molecule has 0 bridgehead atoms. The maximum Gasteiger partial charge on any atom is 0.513 e. The van der Waals surface area contributed by atoms with E-state index in [0.717, 1.165) is 17.5 Å². The van der Waals surface area contributed by atoms with E-state index in [9.17, 15) is 4.57 Å². The van der Waals surface area contributed by atoms with Gasteiger partial charge in [-0.25, -0.2) is 0 Å². The lowest BCUT2D eigenvalue weighted by molar-refractivity contribution is 0.493. The fraction of sp³-hybridized carbons (Fsp3) is 0.400. The summed E-state index contributed by atoms with van der Waals surface area (Å²) in [5.41, 5.74) is 1.90. The van der Waals surface area contributed by atoms with Gasteiger partial charge in [-0.2, -0.15) is 4.89 Å². The highest BCUT2D eigenvalue weighted by atomic mass is 31.1. The molecule has 0 saturated carbocycles. The Morgan fingerprint density at radius 1 is 1.46 bits per heavy atom. The standard InChI is InChI=1S/C10H13O2P/c1-3-9-6-4-5-7-10(9)8(2)13(11)12/h4-8H,3H2,1-2H3/p+1. The van der Waals surface area contributed by atoms with Crippen molar-refractivity contribution in [1.82, 2.24) is 0 Å². The topological polar surface area (TPSA) is 37.3 Å². The lowest BCUT2D eigenvalue weighted by atomic mass is 10.0. The highest BCUT2D eigenvalue weighted by molar-refractivity contribution is 7.38. The Balaban J connectivity index is 3.05. The van der Waals surface area contributed by atoms with Gasteiger partial charge >= 0.3 is 8.03 Å². The van der Waals surface area contributed by atoms with Gasteiger partial charge in [-0.3, -0.25) is 0 Å². The number of benzene rings is 1. The molecule has 70 valence electrons. The van der Waals surface area contributed by atoms with E-state index < -0.39 is 8.03 Å². The average Bonchev–Trinajstić information content (AvgIpc) is 2.16. The molecular formula is C10H14O2P+. The highest BCUT2D eigenvalue weighted by Crippen LogP contribution is 2.38. The van der Waals surface area contributed by atoms with Gasteiger partial charge < -0.3 is 0 Å². The van der Waals surface area contributed by atoms with E-state index in [0.29, 0.717) is 0 Å². The second kappa shape index (κ2) is 4.50. The molecule has 3 heteroatoms. The smallest absolute Gasteiger partial charge is 0.160 e. The summed E-state index contributed by atoms with van der Waals surface area (Å²) in [6.07, 6.45) is 0.906. The van der Waals surface area contributed by atoms with Crippen molar-refractivity contribution in [3.63, 3.8) is 0 Å². The summed E-state index contributed by atoms with van der Waals surface area (Å²) in [7, 11) is -2.11. The van der Waals surface area contributed by atoms with E-state index in [1.54, 1.807) is 6.92 Å². The van der Waals surface area contributed by atoms with Crippen molar-refractivity contribution >= 4 is 8.03 Å². The van der Waals surface area contributed by atoms with E-state index in [1.165, 1.54) is 0 Å². The van der Waals surface area contributed by atoms with Crippen molar-refractivity contribution in [3.8, 4) is 0 Å². The predicted molar refractivity (Wildman–Crippen MR) is 54.1 cm³/mol. The molecule has 1 rings (SSSR count). The lowest BCUT2D eigenvalue weighted by Gasteiger charge is -2.05. The molecule has 13 heavy (non-hydrogen) atoms. The Labute approximate surface area is 79.5 Å². The summed E-state index contributed by atoms with van der Waals surface area (Å²) >= 11 is 0. The van der Waals surface area contributed by atoms with Crippen LogP contribution in [0.15, 0.2) is 24.3 Å². The molecule has 1 aromatic carbocycles. The van der Waals surface area contributed by atoms with Gasteiger partial charge in [0.2, 0.25) is 5.66 Å². The molecule has 1 aromatic rings. The van der Waals surface area contributed by atoms with Gasteiger partial charge in [0, 0.05) is 5.56 Å². The molecule has 0 radical (unpaired) electrons. The van der Waals surface area contributed by atoms with Gasteiger partial charge in [-0.15, -0.1) is 0 Å². The van der Waals surface area contributed by atoms with Crippen molar-refractivity contribution in [2.45, 2.75) is 25.9 Å². The SMILES string of the molecule is CCc1ccccc1C(C)[P+](=O)O. The molecular weight excluding hydrogens is 183 g/mol. The summed E-state index contributed by atoms with van der Waals surface area (Å²) in [6.45, 7) is 3.84. The van der Waals surface area contributed by atoms with Crippen molar-refractivity contribution in [3.05, 3.63) is 35.4 Å². The quantitative estimate of drug-likeness (QED) is 0.756. The summed E-state index contributed by atoms with van der Waals surface area (Å²) in [4.78, 5) is 9.00. The van der Waals surface area contributed by atoms with Crippen LogP contribution in [-0.2, 0) is 11.0 Å². The fourth-order valence-electron chi connectivity index (χ4n) is 1.38. The molecule has 2 nitrogen and oxygen atoms in total. The van der Waals surface area contributed by atoms with Crippen LogP contribution in [0, 0.1) is 0 Å². The molecule has 0 fully saturated rings. The van der Waals surface area contributed by atoms with Crippen LogP contribution in [0.2, 0.25) is 0 Å². The predicted octanol–water partition coefficient (Wildman–Crippen LogP) is 3.04. The number of hydrogen-bond donors (Lipinski definition) is 1. The van der Waals surface area contributed by atoms with E-state index in [4.69, 9.17) is 4.89 Å². The van der Waals surface area contributed by atoms with E-state index in [2.05, 4.69) is 6.92 Å². The summed E-state index contributed by atoms with van der Waals surface area (Å²) in [5, 5.41) is 0. The zero-order valence-electron chi connectivity index (χ0n) is 7.90. The Morgan fingerprint density at radius 2 is 2.08 bits per heavy atom. The van der Waals surface area contributed by atoms with Crippen LogP contribution in [0.5, 0.6) is 0 Å². The molecule has 0 spiro atoms. The summed E-state index contributed by atoms with van der Waals surface area (Å²) in [6, 6.07) is 7.79. The molecule has 0 aliphatic rings. The average molecular weight is 197 g/mol. The number of aryl methyl sites for hydroxylation is 1. The van der Waals surface area contributed by atoms with Crippen molar-refractivity contribution < 1.29 is 9.46 Å². The van der Waals surface area contributed by atoms with Gasteiger partial charge in [0.05, 0.1) is 0 Å². The first-order valence-electron chi connectivity index (χ1n) is 4.39. The second-order valence-corrected chi connectivity index (χ2v) is 4.41. The molecule has 0 aromatic heterocycles. The Bertz CT molecular complexity index is 310. The maximum absolute atomic E-state index is 10.9. The van der Waals surface area contributed by atoms with Crippen LogP contribution in [0.25, 0.3) is 0 Å². The molecule has 0 amide bonds. The molecule has 1 N–H and O–H groups in total. The largest absolute Gasteiger partial charge is 0.513 e. The van der Waals surface area contributed by atoms with E-state index >= 15 is 0 Å². The molecule has 0 aliphatic heterocycles. The zero-order chi connectivity index (χ0) is 9.84. The van der Waals surface area contributed by atoms with Crippen LogP contribution in [0.3, 0.4) is 0 Å². The van der Waals surface area contributed by atoms with Gasteiger partial charge in [0.25, 0.3) is 0 Å². The van der Waals surface area contributed by atoms with Crippen molar-refractivity contribution in [2.75, 3.05) is 0 Å². The fourth-order valence-corrected chi connectivity index (χ4v) is 1.87. The first-order chi connectivity index (χ1) is 6.16. The minimum atomic E-state index is -2.11. The van der Waals surface area contributed by atoms with Crippen LogP contribution in [-0.4, -0.2) is 4.89 Å². The van der Waals surface area contributed by atoms with E-state index in [1.807, 2.05) is 24.3 Å². The zero-order valence-corrected chi connectivity index (χ0v) is 8.79. The second-order valence-electron chi connectivity index (χ2n) is 3.03. The normalized spacial score (nSPS) is 13.9. The minimum absolute atomic E-state index is 0.258. The lowest BCUT2D eigenvalue weighted by Crippen LogP contribution is -1.94. The Kier molecular flexibility index (Phi) is 3.58. The third kappa shape index (κ3) is 2.36. The Morgan fingerprint density at radius 3 is 2.62 bits per heavy atom. The van der Waals surface area contributed by atoms with Gasteiger partial charge in [0.15, 0.2) is 0 Å². The van der Waals surface area contributed by atoms with Crippen LogP contribution >= 0.6 is 8.03 Å². The van der Waals surface area contributed by atoms with Crippen LogP contribution < -0.4 is 0 Å². The maximum atomic E-state index is 10.9. The first kappa shape index (κ1) is 10.4. The van der Waals surface area contributed by atoms with Gasteiger partial charge in [-0.05, 0) is 23.5 Å². The Hall–Kier alpha value is -0.720. The molecule has 0 heterocycles. The minimum Gasteiger partial charge on any atom is -0.160 e. The third-order valence-electron chi connectivity index (χ3n) is 2.22. The summed E-state index contributed by atoms with van der Waals surface area (Å²) in [5.74, 6) is 0.